The van der Waals surface area contributed by atoms with Crippen LogP contribution in [0.2, 0.25) is 0 Å². The number of carbonyl (C=O) groups is 1. The van der Waals surface area contributed by atoms with Gasteiger partial charge in [-0.15, -0.1) is 0 Å². The highest BCUT2D eigenvalue weighted by molar-refractivity contribution is 7.81. The van der Waals surface area contributed by atoms with E-state index < -0.39 is 0 Å². The van der Waals surface area contributed by atoms with Crippen LogP contribution in [-0.4, -0.2) is 11.2 Å². The summed E-state index contributed by atoms with van der Waals surface area (Å²) in [6, 6.07) is 7.37. The van der Waals surface area contributed by atoms with Crippen molar-refractivity contribution in [2.75, 3.05) is 0 Å². The third kappa shape index (κ3) is 3.07. The van der Waals surface area contributed by atoms with Crippen molar-refractivity contribution in [3.8, 4) is 5.75 Å². The zero-order valence-corrected chi connectivity index (χ0v) is 9.25. The number of aryl methyl sites for hydroxylation is 1. The van der Waals surface area contributed by atoms with E-state index in [1.165, 1.54) is 0 Å². The van der Waals surface area contributed by atoms with Crippen LogP contribution < -0.4 is 4.74 Å². The van der Waals surface area contributed by atoms with Crippen molar-refractivity contribution in [2.24, 2.45) is 0 Å². The largest absolute Gasteiger partial charge is 0.426 e. The molecule has 76 valence electrons. The standard InChI is InChI=1S/C11H14O2S/c1-3-10(14)11(12)13-9-6-4-8(2)5-7-9/h4-7,10,14H,3H2,1-2H3. The molecule has 0 aliphatic heterocycles. The lowest BCUT2D eigenvalue weighted by Gasteiger charge is -2.07. The van der Waals surface area contributed by atoms with E-state index in [2.05, 4.69) is 12.6 Å². The second-order valence-electron chi connectivity index (χ2n) is 3.16. The molecule has 0 saturated carbocycles. The van der Waals surface area contributed by atoms with Gasteiger partial charge in [-0.1, -0.05) is 24.6 Å². The van der Waals surface area contributed by atoms with Gasteiger partial charge >= 0.3 is 5.97 Å². The minimum Gasteiger partial charge on any atom is -0.426 e. The maximum Gasteiger partial charge on any atom is 0.324 e. The summed E-state index contributed by atoms with van der Waals surface area (Å²) in [6.07, 6.45) is 0.674. The minimum atomic E-state index is -0.337. The van der Waals surface area contributed by atoms with E-state index in [0.29, 0.717) is 12.2 Å². The Bertz CT molecular complexity index is 306. The molecule has 0 radical (unpaired) electrons. The minimum absolute atomic E-state index is 0.292. The van der Waals surface area contributed by atoms with E-state index in [1.807, 2.05) is 26.0 Å². The lowest BCUT2D eigenvalue weighted by atomic mass is 10.2. The molecule has 0 aliphatic rings. The molecule has 2 nitrogen and oxygen atoms in total. The van der Waals surface area contributed by atoms with Crippen LogP contribution in [0.5, 0.6) is 5.75 Å². The highest BCUT2D eigenvalue weighted by Crippen LogP contribution is 2.13. The average molecular weight is 210 g/mol. The predicted octanol–water partition coefficient (Wildman–Crippen LogP) is 2.61. The topological polar surface area (TPSA) is 26.3 Å². The van der Waals surface area contributed by atoms with Gasteiger partial charge in [0.2, 0.25) is 0 Å². The molecule has 1 aromatic carbocycles. The van der Waals surface area contributed by atoms with E-state index in [4.69, 9.17) is 4.74 Å². The molecule has 0 aliphatic carbocycles. The molecule has 0 fully saturated rings. The SMILES string of the molecule is CCC(S)C(=O)Oc1ccc(C)cc1. The van der Waals surface area contributed by atoms with Crippen molar-refractivity contribution >= 4 is 18.6 Å². The second kappa shape index (κ2) is 5.05. The van der Waals surface area contributed by atoms with Gasteiger partial charge in [-0.3, -0.25) is 4.79 Å². The summed E-state index contributed by atoms with van der Waals surface area (Å²) in [5.41, 5.74) is 1.14. The monoisotopic (exact) mass is 210 g/mol. The van der Waals surface area contributed by atoms with Crippen molar-refractivity contribution in [3.63, 3.8) is 0 Å². The summed E-state index contributed by atoms with van der Waals surface area (Å²) in [5.74, 6) is 0.285. The average Bonchev–Trinajstić information content (AvgIpc) is 2.20. The fourth-order valence-corrected chi connectivity index (χ4v) is 1.01. The van der Waals surface area contributed by atoms with Crippen LogP contribution in [-0.2, 0) is 4.79 Å². The van der Waals surface area contributed by atoms with Crippen molar-refractivity contribution in [2.45, 2.75) is 25.5 Å². The van der Waals surface area contributed by atoms with Gasteiger partial charge in [0.25, 0.3) is 0 Å². The Hall–Kier alpha value is -0.960. The number of hydrogen-bond donors (Lipinski definition) is 1. The fraction of sp³-hybridized carbons (Fsp3) is 0.364. The Kier molecular flexibility index (Phi) is 4.01. The number of carbonyl (C=O) groups excluding carboxylic acids is 1. The van der Waals surface area contributed by atoms with Crippen LogP contribution in [0, 0.1) is 6.92 Å². The van der Waals surface area contributed by atoms with Crippen LogP contribution in [0.3, 0.4) is 0 Å². The third-order valence-corrected chi connectivity index (χ3v) is 2.47. The van der Waals surface area contributed by atoms with Gasteiger partial charge in [0.1, 0.15) is 5.75 Å². The van der Waals surface area contributed by atoms with Crippen LogP contribution in [0.25, 0.3) is 0 Å². The molecule has 1 unspecified atom stereocenters. The van der Waals surface area contributed by atoms with Crippen molar-refractivity contribution in [1.82, 2.24) is 0 Å². The molecule has 0 heterocycles. The van der Waals surface area contributed by atoms with Gasteiger partial charge in [0.05, 0.1) is 5.25 Å². The summed E-state index contributed by atoms with van der Waals surface area (Å²) < 4.78 is 5.11. The number of hydrogen-bond acceptors (Lipinski definition) is 3. The van der Waals surface area contributed by atoms with E-state index in [-0.39, 0.29) is 11.2 Å². The molecule has 1 aromatic rings. The molecule has 0 saturated heterocycles. The fourth-order valence-electron chi connectivity index (χ4n) is 0.957. The molecule has 1 rings (SSSR count). The molecule has 14 heavy (non-hydrogen) atoms. The molecular formula is C11H14O2S. The maximum atomic E-state index is 11.3. The molecule has 0 N–H and O–H groups in total. The summed E-state index contributed by atoms with van der Waals surface area (Å²) in [4.78, 5) is 11.3. The Morgan fingerprint density at radius 1 is 1.43 bits per heavy atom. The zero-order chi connectivity index (χ0) is 10.6. The first kappa shape index (κ1) is 11.1. The smallest absolute Gasteiger partial charge is 0.324 e. The summed E-state index contributed by atoms with van der Waals surface area (Å²) in [7, 11) is 0. The first-order chi connectivity index (χ1) is 6.63. The van der Waals surface area contributed by atoms with Crippen LogP contribution >= 0.6 is 12.6 Å². The number of ether oxygens (including phenoxy) is 1. The van der Waals surface area contributed by atoms with Crippen LogP contribution in [0.4, 0.5) is 0 Å². The summed E-state index contributed by atoms with van der Waals surface area (Å²) >= 11 is 4.10. The lowest BCUT2D eigenvalue weighted by molar-refractivity contribution is -0.133. The first-order valence-corrected chi connectivity index (χ1v) is 5.11. The third-order valence-electron chi connectivity index (χ3n) is 1.90. The lowest BCUT2D eigenvalue weighted by Crippen LogP contribution is -2.19. The van der Waals surface area contributed by atoms with Crippen LogP contribution in [0.1, 0.15) is 18.9 Å². The number of esters is 1. The quantitative estimate of drug-likeness (QED) is 0.471. The summed E-state index contributed by atoms with van der Waals surface area (Å²) in [6.45, 7) is 3.88. The second-order valence-corrected chi connectivity index (χ2v) is 3.78. The Morgan fingerprint density at radius 3 is 2.50 bits per heavy atom. The van der Waals surface area contributed by atoms with E-state index in [1.54, 1.807) is 12.1 Å². The molecule has 3 heteroatoms. The molecule has 0 bridgehead atoms. The highest BCUT2D eigenvalue weighted by atomic mass is 32.1. The Morgan fingerprint density at radius 2 is 2.00 bits per heavy atom. The Balaban J connectivity index is 2.60. The van der Waals surface area contributed by atoms with Crippen molar-refractivity contribution in [1.29, 1.82) is 0 Å². The van der Waals surface area contributed by atoms with Gasteiger partial charge < -0.3 is 4.74 Å². The highest BCUT2D eigenvalue weighted by Gasteiger charge is 2.13. The van der Waals surface area contributed by atoms with Gasteiger partial charge in [-0.25, -0.2) is 0 Å². The predicted molar refractivity (Wildman–Crippen MR) is 59.9 cm³/mol. The molecule has 0 aromatic heterocycles. The molecule has 0 amide bonds. The van der Waals surface area contributed by atoms with Gasteiger partial charge in [-0.05, 0) is 25.5 Å². The van der Waals surface area contributed by atoms with Crippen LogP contribution in [0.15, 0.2) is 24.3 Å². The molecule has 1 atom stereocenters. The van der Waals surface area contributed by atoms with Crippen molar-refractivity contribution < 1.29 is 9.53 Å². The molecular weight excluding hydrogens is 196 g/mol. The first-order valence-electron chi connectivity index (χ1n) is 4.60. The number of thiol groups is 1. The Labute approximate surface area is 89.7 Å². The van der Waals surface area contributed by atoms with Gasteiger partial charge in [0, 0.05) is 0 Å². The number of benzene rings is 1. The maximum absolute atomic E-state index is 11.3. The van der Waals surface area contributed by atoms with Gasteiger partial charge in [-0.2, -0.15) is 12.6 Å². The van der Waals surface area contributed by atoms with Crippen molar-refractivity contribution in [3.05, 3.63) is 29.8 Å². The number of rotatable bonds is 3. The van der Waals surface area contributed by atoms with Gasteiger partial charge in [0.15, 0.2) is 0 Å². The summed E-state index contributed by atoms with van der Waals surface area (Å²) in [5, 5.41) is -0.337. The van der Waals surface area contributed by atoms with E-state index in [0.717, 1.165) is 5.56 Å². The molecule has 0 spiro atoms. The zero-order valence-electron chi connectivity index (χ0n) is 8.36. The van der Waals surface area contributed by atoms with E-state index in [9.17, 15) is 4.79 Å². The normalized spacial score (nSPS) is 12.2. The van der Waals surface area contributed by atoms with E-state index >= 15 is 0 Å².